The van der Waals surface area contributed by atoms with Crippen LogP contribution in [-0.2, 0) is 6.54 Å². The Hall–Kier alpha value is -1.85. The second kappa shape index (κ2) is 2.34. The molecule has 6 heteroatoms. The minimum atomic E-state index is 0.449. The lowest BCUT2D eigenvalue weighted by molar-refractivity contribution is 0.809. The lowest BCUT2D eigenvalue weighted by Gasteiger charge is -2.05. The van der Waals surface area contributed by atoms with E-state index in [1.807, 2.05) is 7.05 Å². The number of nitrogens with two attached hydrogens (primary N) is 1. The highest BCUT2D eigenvalue weighted by molar-refractivity contribution is 5.84. The molecule has 0 saturated carbocycles. The van der Waals surface area contributed by atoms with E-state index in [0.29, 0.717) is 11.3 Å². The van der Waals surface area contributed by atoms with Crippen LogP contribution in [0.5, 0.6) is 0 Å². The Kier molecular flexibility index (Phi) is 1.26. The summed E-state index contributed by atoms with van der Waals surface area (Å²) in [6.07, 6.45) is 1.48. The molecule has 2 N–H and O–H groups in total. The Morgan fingerprint density at radius 3 is 3.07 bits per heavy atom. The summed E-state index contributed by atoms with van der Waals surface area (Å²) in [5.74, 6) is 1.37. The Labute approximate surface area is 80.4 Å². The third-order valence-electron chi connectivity index (χ3n) is 2.54. The SMILES string of the molecule is CN1CCn2c1nc1c(N)ncnc12. The highest BCUT2D eigenvalue weighted by Crippen LogP contribution is 2.26. The van der Waals surface area contributed by atoms with Gasteiger partial charge < -0.3 is 10.6 Å². The molecule has 2 aromatic rings. The molecule has 1 aliphatic heterocycles. The van der Waals surface area contributed by atoms with Gasteiger partial charge in [0.25, 0.3) is 0 Å². The maximum atomic E-state index is 5.72. The number of hydrogen-bond acceptors (Lipinski definition) is 5. The lowest BCUT2D eigenvalue weighted by Crippen LogP contribution is -2.13. The summed E-state index contributed by atoms with van der Waals surface area (Å²) in [5.41, 5.74) is 7.25. The quantitative estimate of drug-likeness (QED) is 0.625. The Balaban J connectivity index is 2.40. The smallest absolute Gasteiger partial charge is 0.207 e. The molecule has 6 nitrogen and oxygen atoms in total. The van der Waals surface area contributed by atoms with Crippen LogP contribution < -0.4 is 10.6 Å². The maximum Gasteiger partial charge on any atom is 0.207 e. The Bertz CT molecular complexity index is 502. The van der Waals surface area contributed by atoms with Gasteiger partial charge in [-0.1, -0.05) is 0 Å². The van der Waals surface area contributed by atoms with Gasteiger partial charge in [-0.15, -0.1) is 0 Å². The van der Waals surface area contributed by atoms with Crippen LogP contribution in [0.15, 0.2) is 6.33 Å². The van der Waals surface area contributed by atoms with Gasteiger partial charge in [-0.05, 0) is 0 Å². The monoisotopic (exact) mass is 190 g/mol. The normalized spacial score (nSPS) is 15.1. The Morgan fingerprint density at radius 2 is 2.21 bits per heavy atom. The average molecular weight is 190 g/mol. The van der Waals surface area contributed by atoms with Crippen LogP contribution >= 0.6 is 0 Å². The summed E-state index contributed by atoms with van der Waals surface area (Å²) in [5, 5.41) is 0. The first-order valence-corrected chi connectivity index (χ1v) is 4.45. The second-order valence-corrected chi connectivity index (χ2v) is 3.42. The molecule has 0 radical (unpaired) electrons. The average Bonchev–Trinajstić information content (AvgIpc) is 2.69. The molecule has 0 spiro atoms. The van der Waals surface area contributed by atoms with E-state index < -0.39 is 0 Å². The summed E-state index contributed by atoms with van der Waals surface area (Å²) >= 11 is 0. The molecule has 0 atom stereocenters. The van der Waals surface area contributed by atoms with Crippen LogP contribution in [0.1, 0.15) is 0 Å². The predicted molar refractivity (Wildman–Crippen MR) is 53.0 cm³/mol. The summed E-state index contributed by atoms with van der Waals surface area (Å²) in [6, 6.07) is 0. The van der Waals surface area contributed by atoms with Crippen molar-refractivity contribution in [2.24, 2.45) is 0 Å². The van der Waals surface area contributed by atoms with Crippen molar-refractivity contribution in [1.82, 2.24) is 19.5 Å². The van der Waals surface area contributed by atoms with E-state index >= 15 is 0 Å². The molecular weight excluding hydrogens is 180 g/mol. The summed E-state index contributed by atoms with van der Waals surface area (Å²) in [7, 11) is 2.01. The van der Waals surface area contributed by atoms with Crippen LogP contribution in [0.3, 0.4) is 0 Å². The standard InChI is InChI=1S/C8H10N6/c1-13-2-3-14-7-5(12-8(13)14)6(9)10-4-11-7/h4H,2-3H2,1H3,(H2,9,10,11). The molecular formula is C8H10N6. The van der Waals surface area contributed by atoms with E-state index in [1.165, 1.54) is 6.33 Å². The zero-order valence-electron chi connectivity index (χ0n) is 7.80. The van der Waals surface area contributed by atoms with Gasteiger partial charge in [0.1, 0.15) is 6.33 Å². The summed E-state index contributed by atoms with van der Waals surface area (Å²) in [6.45, 7) is 1.89. The van der Waals surface area contributed by atoms with Crippen molar-refractivity contribution >= 4 is 22.9 Å². The first kappa shape index (κ1) is 7.54. The van der Waals surface area contributed by atoms with Crippen molar-refractivity contribution in [3.63, 3.8) is 0 Å². The number of rotatable bonds is 0. The van der Waals surface area contributed by atoms with E-state index in [2.05, 4.69) is 24.4 Å². The fourth-order valence-electron chi connectivity index (χ4n) is 1.79. The molecule has 72 valence electrons. The highest BCUT2D eigenvalue weighted by atomic mass is 15.4. The topological polar surface area (TPSA) is 72.9 Å². The second-order valence-electron chi connectivity index (χ2n) is 3.42. The third kappa shape index (κ3) is 0.773. The number of nitrogens with zero attached hydrogens (tertiary/aromatic N) is 5. The van der Waals surface area contributed by atoms with E-state index in [1.54, 1.807) is 0 Å². The number of hydrogen-bond donors (Lipinski definition) is 1. The molecule has 2 aromatic heterocycles. The van der Waals surface area contributed by atoms with Gasteiger partial charge in [-0.25, -0.2) is 15.0 Å². The molecule has 0 aromatic carbocycles. The fraction of sp³-hybridized carbons (Fsp3) is 0.375. The number of aromatic nitrogens is 4. The lowest BCUT2D eigenvalue weighted by atomic mass is 10.5. The van der Waals surface area contributed by atoms with Gasteiger partial charge in [0.05, 0.1) is 0 Å². The number of likely N-dealkylation sites (N-methyl/N-ethyl adjacent to an activating group) is 1. The third-order valence-corrected chi connectivity index (χ3v) is 2.54. The minimum absolute atomic E-state index is 0.449. The maximum absolute atomic E-state index is 5.72. The molecule has 0 bridgehead atoms. The van der Waals surface area contributed by atoms with Gasteiger partial charge in [-0.2, -0.15) is 0 Å². The van der Waals surface area contributed by atoms with Crippen LogP contribution in [0.25, 0.3) is 11.2 Å². The van der Waals surface area contributed by atoms with E-state index in [4.69, 9.17) is 5.73 Å². The van der Waals surface area contributed by atoms with Gasteiger partial charge in [0.2, 0.25) is 5.95 Å². The minimum Gasteiger partial charge on any atom is -0.382 e. The molecule has 1 aliphatic rings. The van der Waals surface area contributed by atoms with Crippen LogP contribution in [0.4, 0.5) is 11.8 Å². The van der Waals surface area contributed by atoms with Crippen molar-refractivity contribution in [3.8, 4) is 0 Å². The van der Waals surface area contributed by atoms with Gasteiger partial charge >= 0.3 is 0 Å². The van der Waals surface area contributed by atoms with Crippen molar-refractivity contribution in [3.05, 3.63) is 6.33 Å². The molecule has 0 amide bonds. The first-order chi connectivity index (χ1) is 6.77. The predicted octanol–water partition coefficient (Wildman–Crippen LogP) is -0.142. The highest BCUT2D eigenvalue weighted by Gasteiger charge is 2.22. The number of anilines is 2. The van der Waals surface area contributed by atoms with Gasteiger partial charge in [0, 0.05) is 20.1 Å². The number of nitrogen functional groups attached to an aromatic ring is 1. The Morgan fingerprint density at radius 1 is 1.36 bits per heavy atom. The first-order valence-electron chi connectivity index (χ1n) is 4.45. The molecule has 0 aliphatic carbocycles. The largest absolute Gasteiger partial charge is 0.382 e. The van der Waals surface area contributed by atoms with E-state index in [0.717, 1.165) is 24.7 Å². The zero-order valence-corrected chi connectivity index (χ0v) is 7.80. The molecule has 3 rings (SSSR count). The van der Waals surface area contributed by atoms with E-state index in [-0.39, 0.29) is 0 Å². The van der Waals surface area contributed by atoms with Crippen molar-refractivity contribution < 1.29 is 0 Å². The molecule has 0 fully saturated rings. The molecule has 3 heterocycles. The zero-order chi connectivity index (χ0) is 9.71. The molecule has 0 unspecified atom stereocenters. The van der Waals surface area contributed by atoms with Gasteiger partial charge in [0.15, 0.2) is 17.0 Å². The van der Waals surface area contributed by atoms with Crippen molar-refractivity contribution in [1.29, 1.82) is 0 Å². The van der Waals surface area contributed by atoms with Crippen LogP contribution in [-0.4, -0.2) is 33.1 Å². The van der Waals surface area contributed by atoms with Crippen LogP contribution in [0.2, 0.25) is 0 Å². The van der Waals surface area contributed by atoms with Crippen molar-refractivity contribution in [2.75, 3.05) is 24.2 Å². The van der Waals surface area contributed by atoms with E-state index in [9.17, 15) is 0 Å². The summed E-state index contributed by atoms with van der Waals surface area (Å²) in [4.78, 5) is 14.6. The molecule has 0 saturated heterocycles. The van der Waals surface area contributed by atoms with Crippen LogP contribution in [0, 0.1) is 0 Å². The van der Waals surface area contributed by atoms with Crippen molar-refractivity contribution in [2.45, 2.75) is 6.54 Å². The number of fused-ring (bicyclic) bond motifs is 3. The summed E-state index contributed by atoms with van der Waals surface area (Å²) < 4.78 is 2.06. The number of imidazole rings is 1. The van der Waals surface area contributed by atoms with Gasteiger partial charge in [-0.3, -0.25) is 4.57 Å². The fourth-order valence-corrected chi connectivity index (χ4v) is 1.79. The molecule has 14 heavy (non-hydrogen) atoms.